The van der Waals surface area contributed by atoms with Gasteiger partial charge in [-0.25, -0.2) is 0 Å². The van der Waals surface area contributed by atoms with Crippen molar-refractivity contribution in [3.63, 3.8) is 0 Å². The molecule has 0 aromatic heterocycles. The van der Waals surface area contributed by atoms with Crippen LogP contribution in [0.1, 0.15) is 71.6 Å². The molecule has 0 bridgehead atoms. The molecule has 1 heterocycles. The first-order chi connectivity index (χ1) is 10.2. The summed E-state index contributed by atoms with van der Waals surface area (Å²) in [5, 5.41) is 6.74. The van der Waals surface area contributed by atoms with Crippen molar-refractivity contribution in [1.29, 1.82) is 0 Å². The molecule has 1 aliphatic heterocycles. The minimum atomic E-state index is 0.280. The highest BCUT2D eigenvalue weighted by Gasteiger charge is 2.28. The molecule has 1 amide bonds. The number of hydrogen-bond acceptors (Lipinski definition) is 2. The number of carbonyl (C=O) groups is 1. The van der Waals surface area contributed by atoms with Crippen molar-refractivity contribution >= 4 is 5.91 Å². The van der Waals surface area contributed by atoms with Crippen LogP contribution in [0.25, 0.3) is 0 Å². The van der Waals surface area contributed by atoms with E-state index in [-0.39, 0.29) is 5.92 Å². The first-order valence-corrected chi connectivity index (χ1v) is 9.21. The smallest absolute Gasteiger partial charge is 0.223 e. The molecule has 2 unspecified atom stereocenters. The molecule has 1 aliphatic carbocycles. The van der Waals surface area contributed by atoms with Crippen molar-refractivity contribution in [2.24, 2.45) is 17.8 Å². The standard InChI is InChI=1S/C18H34N2O/c1-3-4-6-15-8-10-16(11-9-15)18(21)20-14(2)17-7-5-12-19-13-17/h14-17,19H,3-13H2,1-2H3,(H,20,21). The summed E-state index contributed by atoms with van der Waals surface area (Å²) in [6.45, 7) is 6.65. The minimum absolute atomic E-state index is 0.280. The van der Waals surface area contributed by atoms with Gasteiger partial charge in [-0.15, -0.1) is 0 Å². The highest BCUT2D eigenvalue weighted by molar-refractivity contribution is 5.79. The molecule has 0 spiro atoms. The third kappa shape index (κ3) is 5.28. The maximum Gasteiger partial charge on any atom is 0.223 e. The summed E-state index contributed by atoms with van der Waals surface area (Å²) in [4.78, 5) is 12.4. The maximum atomic E-state index is 12.4. The van der Waals surface area contributed by atoms with Gasteiger partial charge in [0.15, 0.2) is 0 Å². The van der Waals surface area contributed by atoms with Gasteiger partial charge in [0.1, 0.15) is 0 Å². The van der Waals surface area contributed by atoms with E-state index in [1.165, 1.54) is 44.9 Å². The summed E-state index contributed by atoms with van der Waals surface area (Å²) < 4.78 is 0. The molecule has 0 radical (unpaired) electrons. The first kappa shape index (κ1) is 16.8. The SMILES string of the molecule is CCCCC1CCC(C(=O)NC(C)C2CCCNC2)CC1. The second-order valence-corrected chi connectivity index (χ2v) is 7.26. The molecule has 3 nitrogen and oxygen atoms in total. The van der Waals surface area contributed by atoms with Crippen molar-refractivity contribution in [2.75, 3.05) is 13.1 Å². The van der Waals surface area contributed by atoms with Crippen LogP contribution in [-0.4, -0.2) is 25.0 Å². The molecule has 21 heavy (non-hydrogen) atoms. The minimum Gasteiger partial charge on any atom is -0.353 e. The normalized spacial score (nSPS) is 31.6. The average Bonchev–Trinajstić information content (AvgIpc) is 2.54. The molecule has 0 aromatic rings. The fraction of sp³-hybridized carbons (Fsp3) is 0.944. The van der Waals surface area contributed by atoms with Gasteiger partial charge in [0.25, 0.3) is 0 Å². The Kier molecular flexibility index (Phi) is 7.01. The van der Waals surface area contributed by atoms with Crippen LogP contribution in [0.4, 0.5) is 0 Å². The third-order valence-corrected chi connectivity index (χ3v) is 5.60. The van der Waals surface area contributed by atoms with Gasteiger partial charge in [-0.05, 0) is 70.4 Å². The lowest BCUT2D eigenvalue weighted by molar-refractivity contribution is -0.127. The molecular weight excluding hydrogens is 260 g/mol. The fourth-order valence-corrected chi connectivity index (χ4v) is 3.97. The molecule has 3 heteroatoms. The fourth-order valence-electron chi connectivity index (χ4n) is 3.97. The summed E-state index contributed by atoms with van der Waals surface area (Å²) in [6, 6.07) is 0.322. The van der Waals surface area contributed by atoms with E-state index in [1.54, 1.807) is 0 Å². The molecule has 2 rings (SSSR count). The molecule has 0 aromatic carbocycles. The van der Waals surface area contributed by atoms with E-state index in [0.29, 0.717) is 17.9 Å². The summed E-state index contributed by atoms with van der Waals surface area (Å²) in [7, 11) is 0. The number of amides is 1. The van der Waals surface area contributed by atoms with E-state index in [4.69, 9.17) is 0 Å². The van der Waals surface area contributed by atoms with Gasteiger partial charge in [0.2, 0.25) is 5.91 Å². The monoisotopic (exact) mass is 294 g/mol. The Morgan fingerprint density at radius 2 is 2.00 bits per heavy atom. The predicted molar refractivity (Wildman–Crippen MR) is 88.2 cm³/mol. The van der Waals surface area contributed by atoms with Gasteiger partial charge in [-0.1, -0.05) is 26.2 Å². The highest BCUT2D eigenvalue weighted by Crippen LogP contribution is 2.32. The molecule has 2 fully saturated rings. The van der Waals surface area contributed by atoms with Gasteiger partial charge in [-0.3, -0.25) is 4.79 Å². The number of rotatable bonds is 6. The largest absolute Gasteiger partial charge is 0.353 e. The van der Waals surface area contributed by atoms with Crippen molar-refractivity contribution < 1.29 is 4.79 Å². The zero-order chi connectivity index (χ0) is 15.1. The zero-order valence-electron chi connectivity index (χ0n) is 14.0. The summed E-state index contributed by atoms with van der Waals surface area (Å²) in [5.74, 6) is 2.10. The topological polar surface area (TPSA) is 41.1 Å². The van der Waals surface area contributed by atoms with E-state index in [2.05, 4.69) is 24.5 Å². The van der Waals surface area contributed by atoms with Crippen molar-refractivity contribution in [2.45, 2.75) is 77.7 Å². The Hall–Kier alpha value is -0.570. The number of carbonyl (C=O) groups excluding carboxylic acids is 1. The maximum absolute atomic E-state index is 12.4. The lowest BCUT2D eigenvalue weighted by Crippen LogP contribution is -2.46. The van der Waals surface area contributed by atoms with Crippen LogP contribution in [0, 0.1) is 17.8 Å². The summed E-state index contributed by atoms with van der Waals surface area (Å²) >= 11 is 0. The first-order valence-electron chi connectivity index (χ1n) is 9.21. The predicted octanol–water partition coefficient (Wildman–Crippen LogP) is 3.49. The Morgan fingerprint density at radius 1 is 1.24 bits per heavy atom. The van der Waals surface area contributed by atoms with Crippen molar-refractivity contribution in [1.82, 2.24) is 10.6 Å². The second-order valence-electron chi connectivity index (χ2n) is 7.26. The van der Waals surface area contributed by atoms with Crippen molar-refractivity contribution in [3.05, 3.63) is 0 Å². The van der Waals surface area contributed by atoms with E-state index in [0.717, 1.165) is 31.8 Å². The quantitative estimate of drug-likeness (QED) is 0.787. The molecule has 1 saturated carbocycles. The zero-order valence-corrected chi connectivity index (χ0v) is 14.0. The molecule has 122 valence electrons. The van der Waals surface area contributed by atoms with Crippen LogP contribution in [0.2, 0.25) is 0 Å². The van der Waals surface area contributed by atoms with Gasteiger partial charge in [-0.2, -0.15) is 0 Å². The number of piperidine rings is 1. The lowest BCUT2D eigenvalue weighted by Gasteiger charge is -2.32. The molecule has 2 aliphatic rings. The van der Waals surface area contributed by atoms with Gasteiger partial charge in [0, 0.05) is 12.0 Å². The van der Waals surface area contributed by atoms with Crippen molar-refractivity contribution in [3.8, 4) is 0 Å². The molecule has 2 atom stereocenters. The molecular formula is C18H34N2O. The number of unbranched alkanes of at least 4 members (excludes halogenated alkanes) is 1. The van der Waals surface area contributed by atoms with E-state index < -0.39 is 0 Å². The second kappa shape index (κ2) is 8.77. The third-order valence-electron chi connectivity index (χ3n) is 5.60. The Bertz CT molecular complexity index is 304. The van der Waals surface area contributed by atoms with Gasteiger partial charge < -0.3 is 10.6 Å². The van der Waals surface area contributed by atoms with Crippen LogP contribution in [0.3, 0.4) is 0 Å². The van der Waals surface area contributed by atoms with E-state index in [1.807, 2.05) is 0 Å². The van der Waals surface area contributed by atoms with Gasteiger partial charge in [0.05, 0.1) is 0 Å². The Labute approximate surface area is 130 Å². The van der Waals surface area contributed by atoms with Crippen LogP contribution >= 0.6 is 0 Å². The Morgan fingerprint density at radius 3 is 2.62 bits per heavy atom. The van der Waals surface area contributed by atoms with E-state index >= 15 is 0 Å². The number of hydrogen-bond donors (Lipinski definition) is 2. The van der Waals surface area contributed by atoms with E-state index in [9.17, 15) is 4.79 Å². The molecule has 2 N–H and O–H groups in total. The van der Waals surface area contributed by atoms with Crippen LogP contribution in [0.5, 0.6) is 0 Å². The summed E-state index contributed by atoms with van der Waals surface area (Å²) in [5.41, 5.74) is 0. The highest BCUT2D eigenvalue weighted by atomic mass is 16.1. The van der Waals surface area contributed by atoms with Crippen LogP contribution in [0.15, 0.2) is 0 Å². The molecule has 1 saturated heterocycles. The van der Waals surface area contributed by atoms with Crippen LogP contribution < -0.4 is 10.6 Å². The summed E-state index contributed by atoms with van der Waals surface area (Å²) in [6.07, 6.45) is 11.3. The average molecular weight is 294 g/mol. The lowest BCUT2D eigenvalue weighted by atomic mass is 9.79. The Balaban J connectivity index is 1.69. The number of nitrogens with one attached hydrogen (secondary N) is 2. The van der Waals surface area contributed by atoms with Gasteiger partial charge >= 0.3 is 0 Å². The van der Waals surface area contributed by atoms with Crippen LogP contribution in [-0.2, 0) is 4.79 Å².